The van der Waals surface area contributed by atoms with Gasteiger partial charge >= 0.3 is 5.97 Å². The predicted molar refractivity (Wildman–Crippen MR) is 90.5 cm³/mol. The lowest BCUT2D eigenvalue weighted by Gasteiger charge is -2.08. The number of ether oxygens (including phenoxy) is 1. The molecule has 3 nitrogen and oxygen atoms in total. The first-order chi connectivity index (χ1) is 11.3. The van der Waals surface area contributed by atoms with E-state index in [1.807, 2.05) is 60.7 Å². The van der Waals surface area contributed by atoms with Crippen LogP contribution in [0.2, 0.25) is 0 Å². The number of hydrogen-bond acceptors (Lipinski definition) is 3. The van der Waals surface area contributed by atoms with Gasteiger partial charge in [-0.3, -0.25) is 0 Å². The molecule has 4 aromatic rings. The van der Waals surface area contributed by atoms with Gasteiger partial charge in [0.1, 0.15) is 11.2 Å². The fourth-order valence-corrected chi connectivity index (χ4v) is 2.97. The predicted octanol–water partition coefficient (Wildman–Crippen LogP) is 5.04. The summed E-state index contributed by atoms with van der Waals surface area (Å²) in [7, 11) is 1.39. The van der Waals surface area contributed by atoms with E-state index in [1.165, 1.54) is 7.11 Å². The molecule has 0 aliphatic carbocycles. The second kappa shape index (κ2) is 5.29. The molecule has 0 saturated carbocycles. The molecule has 3 heteroatoms. The number of methoxy groups -OCH3 is 1. The Morgan fingerprint density at radius 3 is 2.39 bits per heavy atom. The number of benzene rings is 3. The number of rotatable bonds is 2. The van der Waals surface area contributed by atoms with Crippen LogP contribution in [0.25, 0.3) is 33.1 Å². The van der Waals surface area contributed by atoms with Crippen molar-refractivity contribution in [1.82, 2.24) is 0 Å². The number of carbonyl (C=O) groups excluding carboxylic acids is 1. The Morgan fingerprint density at radius 1 is 0.826 bits per heavy atom. The molecule has 1 heterocycles. The van der Waals surface area contributed by atoms with Gasteiger partial charge in [0.25, 0.3) is 0 Å². The van der Waals surface area contributed by atoms with Crippen molar-refractivity contribution >= 4 is 27.9 Å². The molecule has 3 aromatic carbocycles. The first-order valence-electron chi connectivity index (χ1n) is 7.37. The fraction of sp³-hybridized carbons (Fsp3) is 0.0500. The monoisotopic (exact) mass is 302 g/mol. The average Bonchev–Trinajstić information content (AvgIpc) is 3.00. The molecule has 0 amide bonds. The normalized spacial score (nSPS) is 11.0. The minimum absolute atomic E-state index is 0.353. The third-order valence-corrected chi connectivity index (χ3v) is 4.03. The van der Waals surface area contributed by atoms with Crippen LogP contribution in [0.4, 0.5) is 0 Å². The second-order valence-corrected chi connectivity index (χ2v) is 5.32. The molecule has 0 aliphatic rings. The summed E-state index contributed by atoms with van der Waals surface area (Å²) in [6.45, 7) is 0. The van der Waals surface area contributed by atoms with Crippen LogP contribution >= 0.6 is 0 Å². The van der Waals surface area contributed by atoms with E-state index < -0.39 is 0 Å². The van der Waals surface area contributed by atoms with E-state index in [4.69, 9.17) is 9.15 Å². The van der Waals surface area contributed by atoms with Crippen molar-refractivity contribution in [2.75, 3.05) is 7.11 Å². The van der Waals surface area contributed by atoms with Gasteiger partial charge in [0, 0.05) is 16.3 Å². The third-order valence-electron chi connectivity index (χ3n) is 4.03. The van der Waals surface area contributed by atoms with E-state index in [-0.39, 0.29) is 5.97 Å². The molecular formula is C20H14O3. The number of carbonyl (C=O) groups is 1. The molecule has 0 bridgehead atoms. The first kappa shape index (κ1) is 13.6. The van der Waals surface area contributed by atoms with Gasteiger partial charge < -0.3 is 9.15 Å². The minimum atomic E-state index is -0.353. The summed E-state index contributed by atoms with van der Waals surface area (Å²) >= 11 is 0. The van der Waals surface area contributed by atoms with E-state index in [1.54, 1.807) is 6.07 Å². The van der Waals surface area contributed by atoms with Gasteiger partial charge in [-0.05, 0) is 17.7 Å². The first-order valence-corrected chi connectivity index (χ1v) is 7.37. The highest BCUT2D eigenvalue weighted by Gasteiger charge is 2.17. The molecule has 0 radical (unpaired) electrons. The van der Waals surface area contributed by atoms with Crippen LogP contribution in [0.1, 0.15) is 10.4 Å². The van der Waals surface area contributed by atoms with Crippen molar-refractivity contribution in [3.05, 3.63) is 72.3 Å². The highest BCUT2D eigenvalue weighted by molar-refractivity contribution is 6.11. The van der Waals surface area contributed by atoms with Gasteiger partial charge in [-0.2, -0.15) is 0 Å². The van der Waals surface area contributed by atoms with Crippen molar-refractivity contribution < 1.29 is 13.9 Å². The molecule has 0 unspecified atom stereocenters. The summed E-state index contributed by atoms with van der Waals surface area (Å²) in [5, 5.41) is 2.11. The zero-order valence-corrected chi connectivity index (χ0v) is 12.6. The molecule has 4 rings (SSSR count). The average molecular weight is 302 g/mol. The van der Waals surface area contributed by atoms with Crippen LogP contribution in [0.3, 0.4) is 0 Å². The zero-order valence-electron chi connectivity index (χ0n) is 12.6. The molecule has 112 valence electrons. The Labute approximate surface area is 133 Å². The topological polar surface area (TPSA) is 39.4 Å². The smallest absolute Gasteiger partial charge is 0.338 e. The van der Waals surface area contributed by atoms with Gasteiger partial charge in [0.2, 0.25) is 0 Å². The van der Waals surface area contributed by atoms with Gasteiger partial charge in [-0.25, -0.2) is 4.79 Å². The van der Waals surface area contributed by atoms with Crippen LogP contribution < -0.4 is 0 Å². The van der Waals surface area contributed by atoms with Crippen LogP contribution in [-0.4, -0.2) is 13.1 Å². The van der Waals surface area contributed by atoms with Gasteiger partial charge in [-0.15, -0.1) is 0 Å². The number of furan rings is 1. The maximum absolute atomic E-state index is 12.1. The number of esters is 1. The van der Waals surface area contributed by atoms with E-state index in [2.05, 4.69) is 0 Å². The highest BCUT2D eigenvalue weighted by Crippen LogP contribution is 2.36. The molecule has 0 N–H and O–H groups in total. The molecular weight excluding hydrogens is 288 g/mol. The second-order valence-electron chi connectivity index (χ2n) is 5.32. The summed E-state index contributed by atoms with van der Waals surface area (Å²) in [5.74, 6) is -0.353. The molecule has 0 aliphatic heterocycles. The van der Waals surface area contributed by atoms with Crippen molar-refractivity contribution in [3.8, 4) is 11.1 Å². The standard InChI is InChI=1S/C20H14O3/c1-22-20(21)17-9-3-2-7-13(17)15-10-6-11-16-14-8-4-5-12-18(14)23-19(15)16/h2-12H,1H3. The lowest BCUT2D eigenvalue weighted by molar-refractivity contribution is 0.0601. The number of fused-ring (bicyclic) bond motifs is 3. The molecule has 0 fully saturated rings. The quantitative estimate of drug-likeness (QED) is 0.487. The fourth-order valence-electron chi connectivity index (χ4n) is 2.97. The van der Waals surface area contributed by atoms with Crippen LogP contribution in [0.15, 0.2) is 71.1 Å². The van der Waals surface area contributed by atoms with Crippen molar-refractivity contribution in [3.63, 3.8) is 0 Å². The van der Waals surface area contributed by atoms with E-state index in [0.29, 0.717) is 5.56 Å². The van der Waals surface area contributed by atoms with Crippen molar-refractivity contribution in [2.24, 2.45) is 0 Å². The Morgan fingerprint density at radius 2 is 1.52 bits per heavy atom. The maximum atomic E-state index is 12.1. The third kappa shape index (κ3) is 2.09. The Bertz CT molecular complexity index is 1030. The van der Waals surface area contributed by atoms with E-state index in [0.717, 1.165) is 33.1 Å². The molecule has 23 heavy (non-hydrogen) atoms. The summed E-state index contributed by atoms with van der Waals surface area (Å²) in [5.41, 5.74) is 3.85. The van der Waals surface area contributed by atoms with Gasteiger partial charge in [0.15, 0.2) is 0 Å². The number of hydrogen-bond donors (Lipinski definition) is 0. The van der Waals surface area contributed by atoms with Gasteiger partial charge in [0.05, 0.1) is 12.7 Å². The van der Waals surface area contributed by atoms with Gasteiger partial charge in [-0.1, -0.05) is 54.6 Å². The summed E-state index contributed by atoms with van der Waals surface area (Å²) in [6.07, 6.45) is 0. The molecule has 0 spiro atoms. The van der Waals surface area contributed by atoms with Crippen LogP contribution in [-0.2, 0) is 4.74 Å². The minimum Gasteiger partial charge on any atom is -0.465 e. The Balaban J connectivity index is 2.06. The maximum Gasteiger partial charge on any atom is 0.338 e. The molecule has 0 atom stereocenters. The zero-order chi connectivity index (χ0) is 15.8. The van der Waals surface area contributed by atoms with E-state index >= 15 is 0 Å². The number of para-hydroxylation sites is 2. The van der Waals surface area contributed by atoms with Crippen LogP contribution in [0.5, 0.6) is 0 Å². The Kier molecular flexibility index (Phi) is 3.12. The van der Waals surface area contributed by atoms with Crippen LogP contribution in [0, 0.1) is 0 Å². The van der Waals surface area contributed by atoms with Crippen molar-refractivity contribution in [1.29, 1.82) is 0 Å². The lowest BCUT2D eigenvalue weighted by atomic mass is 9.98. The highest BCUT2D eigenvalue weighted by atomic mass is 16.5. The Hall–Kier alpha value is -3.07. The summed E-state index contributed by atoms with van der Waals surface area (Å²) in [4.78, 5) is 12.1. The lowest BCUT2D eigenvalue weighted by Crippen LogP contribution is -2.03. The van der Waals surface area contributed by atoms with Crippen molar-refractivity contribution in [2.45, 2.75) is 0 Å². The molecule has 1 aromatic heterocycles. The SMILES string of the molecule is COC(=O)c1ccccc1-c1cccc2c1oc1ccccc12. The largest absolute Gasteiger partial charge is 0.465 e. The summed E-state index contributed by atoms with van der Waals surface area (Å²) in [6, 6.07) is 21.3. The van der Waals surface area contributed by atoms with E-state index in [9.17, 15) is 4.79 Å². The summed E-state index contributed by atoms with van der Waals surface area (Å²) < 4.78 is 11.0. The molecule has 0 saturated heterocycles.